The lowest BCUT2D eigenvalue weighted by Gasteiger charge is -2.36. The molecule has 2 aromatic rings. The van der Waals surface area contributed by atoms with Crippen molar-refractivity contribution in [3.63, 3.8) is 0 Å². The quantitative estimate of drug-likeness (QED) is 0.850. The van der Waals surface area contributed by atoms with Gasteiger partial charge >= 0.3 is 6.18 Å². The maximum Gasteiger partial charge on any atom is 0.423 e. The number of halogens is 5. The molecule has 0 aliphatic rings. The van der Waals surface area contributed by atoms with Crippen LogP contribution in [0.4, 0.5) is 13.2 Å². The smallest absolute Gasteiger partial charge is 0.375 e. The summed E-state index contributed by atoms with van der Waals surface area (Å²) in [5.41, 5.74) is -3.51. The number of benzene rings is 1. The van der Waals surface area contributed by atoms with Crippen LogP contribution in [-0.2, 0) is 5.60 Å². The van der Waals surface area contributed by atoms with E-state index in [4.69, 9.17) is 23.2 Å². The number of pyridine rings is 1. The summed E-state index contributed by atoms with van der Waals surface area (Å²) in [5.74, 6) is -1.37. The van der Waals surface area contributed by atoms with Gasteiger partial charge < -0.3 is 5.11 Å². The van der Waals surface area contributed by atoms with Gasteiger partial charge in [-0.25, -0.2) is 0 Å². The van der Waals surface area contributed by atoms with E-state index in [1.165, 1.54) is 43.5 Å². The first kappa shape index (κ1) is 17.1. The van der Waals surface area contributed by atoms with Gasteiger partial charge in [-0.15, -0.1) is 0 Å². The highest BCUT2D eigenvalue weighted by Gasteiger charge is 2.59. The predicted molar refractivity (Wildman–Crippen MR) is 79.1 cm³/mol. The van der Waals surface area contributed by atoms with Gasteiger partial charge in [-0.05, 0) is 29.8 Å². The largest absolute Gasteiger partial charge is 0.423 e. The van der Waals surface area contributed by atoms with Gasteiger partial charge in [0.15, 0.2) is 0 Å². The summed E-state index contributed by atoms with van der Waals surface area (Å²) in [6.07, 6.45) is -3.73. The van der Waals surface area contributed by atoms with E-state index in [-0.39, 0.29) is 10.6 Å². The maximum atomic E-state index is 13.6. The molecule has 2 rings (SSSR count). The summed E-state index contributed by atoms with van der Waals surface area (Å²) in [6, 6.07) is 8.12. The first-order chi connectivity index (χ1) is 10.2. The molecule has 22 heavy (non-hydrogen) atoms. The van der Waals surface area contributed by atoms with Gasteiger partial charge in [-0.2, -0.15) is 13.2 Å². The van der Waals surface area contributed by atoms with Crippen molar-refractivity contribution in [2.75, 3.05) is 0 Å². The minimum Gasteiger partial charge on any atom is -0.375 e. The average Bonchev–Trinajstić information content (AvgIpc) is 2.45. The molecule has 0 aliphatic carbocycles. The Balaban J connectivity index is 2.60. The molecule has 0 saturated carbocycles. The SMILES string of the molecule is CC(c1ccc(Cl)cc1Cl)C(O)(c1ccccn1)C(F)(F)F. The number of rotatable bonds is 3. The molecule has 1 N–H and O–H groups in total. The Labute approximate surface area is 135 Å². The number of nitrogens with zero attached hydrogens (tertiary/aromatic N) is 1. The van der Waals surface area contributed by atoms with Crippen LogP contribution in [0.25, 0.3) is 0 Å². The van der Waals surface area contributed by atoms with Gasteiger partial charge in [0.05, 0.1) is 5.69 Å². The van der Waals surface area contributed by atoms with Gasteiger partial charge in [0.2, 0.25) is 5.60 Å². The zero-order valence-electron chi connectivity index (χ0n) is 11.4. The van der Waals surface area contributed by atoms with Crippen molar-refractivity contribution in [1.82, 2.24) is 4.98 Å². The van der Waals surface area contributed by atoms with Gasteiger partial charge in [0.25, 0.3) is 0 Å². The van der Waals surface area contributed by atoms with Gasteiger partial charge in [0, 0.05) is 22.2 Å². The molecule has 1 aromatic carbocycles. The molecule has 0 saturated heterocycles. The summed E-state index contributed by atoms with van der Waals surface area (Å²) in [4.78, 5) is 3.67. The van der Waals surface area contributed by atoms with Crippen molar-refractivity contribution in [2.45, 2.75) is 24.6 Å². The summed E-state index contributed by atoms with van der Waals surface area (Å²) in [7, 11) is 0. The minimum atomic E-state index is -4.93. The topological polar surface area (TPSA) is 33.1 Å². The highest BCUT2D eigenvalue weighted by Crippen LogP contribution is 2.49. The van der Waals surface area contributed by atoms with Crippen molar-refractivity contribution >= 4 is 23.2 Å². The molecule has 2 atom stereocenters. The van der Waals surface area contributed by atoms with Crippen molar-refractivity contribution in [1.29, 1.82) is 0 Å². The fourth-order valence-corrected chi connectivity index (χ4v) is 2.85. The summed E-state index contributed by atoms with van der Waals surface area (Å²) >= 11 is 11.7. The fraction of sp³-hybridized carbons (Fsp3) is 0.267. The van der Waals surface area contributed by atoms with Crippen molar-refractivity contribution in [2.24, 2.45) is 0 Å². The average molecular weight is 350 g/mol. The van der Waals surface area contributed by atoms with Crippen LogP contribution >= 0.6 is 23.2 Å². The van der Waals surface area contributed by atoms with E-state index < -0.39 is 23.4 Å². The molecule has 2 nitrogen and oxygen atoms in total. The molecule has 0 radical (unpaired) electrons. The van der Waals surface area contributed by atoms with E-state index in [0.29, 0.717) is 5.02 Å². The second-order valence-corrected chi connectivity index (χ2v) is 5.71. The third kappa shape index (κ3) is 2.93. The van der Waals surface area contributed by atoms with E-state index in [1.54, 1.807) is 0 Å². The molecule has 7 heteroatoms. The molecule has 118 valence electrons. The van der Waals surface area contributed by atoms with E-state index in [9.17, 15) is 18.3 Å². The van der Waals surface area contributed by atoms with Gasteiger partial charge in [-0.3, -0.25) is 4.98 Å². The van der Waals surface area contributed by atoms with Crippen LogP contribution in [0.3, 0.4) is 0 Å². The Morgan fingerprint density at radius 2 is 1.82 bits per heavy atom. The standard InChI is InChI=1S/C15H12Cl2F3NO/c1-9(11-6-5-10(16)8-12(11)17)14(22,15(18,19)20)13-4-2-3-7-21-13/h2-9,22H,1H3. The van der Waals surface area contributed by atoms with Crippen molar-refractivity contribution in [3.05, 3.63) is 63.9 Å². The maximum absolute atomic E-state index is 13.6. The molecule has 0 fully saturated rings. The Morgan fingerprint density at radius 3 is 2.32 bits per heavy atom. The summed E-state index contributed by atoms with van der Waals surface area (Å²) < 4.78 is 40.7. The van der Waals surface area contributed by atoms with Gasteiger partial charge in [-0.1, -0.05) is 42.3 Å². The number of hydrogen-bond donors (Lipinski definition) is 1. The molecule has 2 unspecified atom stereocenters. The van der Waals surface area contributed by atoms with Gasteiger partial charge in [0.1, 0.15) is 0 Å². The van der Waals surface area contributed by atoms with E-state index in [1.807, 2.05) is 0 Å². The summed E-state index contributed by atoms with van der Waals surface area (Å²) in [5, 5.41) is 10.8. The Hall–Kier alpha value is -1.30. The van der Waals surface area contributed by atoms with Crippen molar-refractivity contribution in [3.8, 4) is 0 Å². The molecule has 0 amide bonds. The van der Waals surface area contributed by atoms with Crippen LogP contribution in [0, 0.1) is 0 Å². The lowest BCUT2D eigenvalue weighted by Crippen LogP contribution is -2.47. The zero-order valence-corrected chi connectivity index (χ0v) is 12.9. The van der Waals surface area contributed by atoms with E-state index in [2.05, 4.69) is 4.98 Å². The monoisotopic (exact) mass is 349 g/mol. The molecule has 0 bridgehead atoms. The van der Waals surface area contributed by atoms with E-state index >= 15 is 0 Å². The minimum absolute atomic E-state index is 0.0543. The zero-order chi connectivity index (χ0) is 16.5. The van der Waals surface area contributed by atoms with Crippen molar-refractivity contribution < 1.29 is 18.3 Å². The van der Waals surface area contributed by atoms with E-state index in [0.717, 1.165) is 6.07 Å². The predicted octanol–water partition coefficient (Wildman–Crippen LogP) is 4.94. The molecule has 0 spiro atoms. The summed E-state index contributed by atoms with van der Waals surface area (Å²) in [6.45, 7) is 1.25. The van der Waals surface area contributed by atoms with Crippen LogP contribution in [0.1, 0.15) is 24.1 Å². The lowest BCUT2D eigenvalue weighted by molar-refractivity contribution is -0.276. The Kier molecular flexibility index (Phi) is 4.70. The third-order valence-electron chi connectivity index (χ3n) is 3.54. The van der Waals surface area contributed by atoms with Crippen LogP contribution in [-0.4, -0.2) is 16.3 Å². The van der Waals surface area contributed by atoms with Crippen LogP contribution < -0.4 is 0 Å². The number of aromatic nitrogens is 1. The molecule has 0 aliphatic heterocycles. The molecular weight excluding hydrogens is 338 g/mol. The highest BCUT2D eigenvalue weighted by atomic mass is 35.5. The third-order valence-corrected chi connectivity index (χ3v) is 4.11. The highest BCUT2D eigenvalue weighted by molar-refractivity contribution is 6.35. The van der Waals surface area contributed by atoms with Crippen LogP contribution in [0.2, 0.25) is 10.0 Å². The second-order valence-electron chi connectivity index (χ2n) is 4.87. The normalized spacial score (nSPS) is 16.1. The van der Waals surface area contributed by atoms with Crippen LogP contribution in [0.5, 0.6) is 0 Å². The number of aliphatic hydroxyl groups is 1. The first-order valence-electron chi connectivity index (χ1n) is 6.33. The number of hydrogen-bond acceptors (Lipinski definition) is 2. The Bertz CT molecular complexity index is 664. The first-order valence-corrected chi connectivity index (χ1v) is 7.09. The number of alkyl halides is 3. The Morgan fingerprint density at radius 1 is 1.14 bits per heavy atom. The molecular formula is C15H12Cl2F3NO. The molecule has 1 heterocycles. The lowest BCUT2D eigenvalue weighted by atomic mass is 9.80. The fourth-order valence-electron chi connectivity index (χ4n) is 2.28. The van der Waals surface area contributed by atoms with Crippen LogP contribution in [0.15, 0.2) is 42.6 Å². The molecule has 1 aromatic heterocycles. The second kappa shape index (κ2) is 6.07.